The minimum atomic E-state index is 0.141. The first-order chi connectivity index (χ1) is 14.8. The fourth-order valence-corrected chi connectivity index (χ4v) is 3.98. The maximum Gasteiger partial charge on any atom is 0.130 e. The van der Waals surface area contributed by atoms with Gasteiger partial charge in [0.05, 0.1) is 12.7 Å². The van der Waals surface area contributed by atoms with Crippen LogP contribution < -0.4 is 5.32 Å². The van der Waals surface area contributed by atoms with Gasteiger partial charge in [0, 0.05) is 31.5 Å². The first-order valence-corrected chi connectivity index (χ1v) is 10.4. The van der Waals surface area contributed by atoms with Crippen molar-refractivity contribution in [2.75, 3.05) is 25.0 Å². The van der Waals surface area contributed by atoms with Crippen LogP contribution in [0.2, 0.25) is 0 Å². The average molecular weight is 396 g/mol. The first kappa shape index (κ1) is 18.8. The van der Waals surface area contributed by atoms with Crippen molar-refractivity contribution >= 4 is 22.3 Å². The largest absolute Gasteiger partial charge is 0.371 e. The molecule has 0 aliphatic carbocycles. The van der Waals surface area contributed by atoms with Crippen LogP contribution >= 0.6 is 0 Å². The van der Waals surface area contributed by atoms with E-state index >= 15 is 0 Å². The molecule has 1 atom stereocenters. The number of nitrogens with zero attached hydrogens (tertiary/aromatic N) is 2. The number of anilines is 2. The molecule has 1 aliphatic rings. The van der Waals surface area contributed by atoms with E-state index in [-0.39, 0.29) is 6.10 Å². The molecule has 1 N–H and O–H groups in total. The predicted octanol–water partition coefficient (Wildman–Crippen LogP) is 5.55. The molecule has 0 amide bonds. The Balaban J connectivity index is 1.22. The second kappa shape index (κ2) is 8.66. The highest BCUT2D eigenvalue weighted by Crippen LogP contribution is 2.24. The molecule has 1 aromatic heterocycles. The lowest BCUT2D eigenvalue weighted by atomic mass is 10.1. The number of pyridine rings is 1. The van der Waals surface area contributed by atoms with Crippen molar-refractivity contribution in [1.29, 1.82) is 0 Å². The van der Waals surface area contributed by atoms with Crippen molar-refractivity contribution in [1.82, 2.24) is 9.88 Å². The molecule has 0 saturated carbocycles. The zero-order chi connectivity index (χ0) is 20.2. The first-order valence-electron chi connectivity index (χ1n) is 10.4. The van der Waals surface area contributed by atoms with Gasteiger partial charge < -0.3 is 10.1 Å². The summed E-state index contributed by atoms with van der Waals surface area (Å²) in [6, 6.07) is 29.4. The standard InChI is InChI=1S/C26H25N3O/c1-2-7-22(8-3-1)25-19-29(14-15-30-25)18-20-10-13-26(27-17-20)28-24-12-11-21-6-4-5-9-23(21)16-24/h1-13,16-17,25H,14-15,18-19H2,(H,27,28)/t25-/m1/s1. The smallest absolute Gasteiger partial charge is 0.130 e. The molecule has 0 radical (unpaired) electrons. The van der Waals surface area contributed by atoms with Gasteiger partial charge in [-0.25, -0.2) is 4.98 Å². The van der Waals surface area contributed by atoms with Crippen LogP contribution in [0.5, 0.6) is 0 Å². The number of aromatic nitrogens is 1. The summed E-state index contributed by atoms with van der Waals surface area (Å²) in [6.07, 6.45) is 2.11. The molecule has 3 aromatic carbocycles. The van der Waals surface area contributed by atoms with Gasteiger partial charge in [-0.1, -0.05) is 66.7 Å². The van der Waals surface area contributed by atoms with Crippen molar-refractivity contribution in [2.24, 2.45) is 0 Å². The Kier molecular flexibility index (Phi) is 5.42. The van der Waals surface area contributed by atoms with Crippen LogP contribution in [0, 0.1) is 0 Å². The lowest BCUT2D eigenvalue weighted by molar-refractivity contribution is -0.0329. The highest BCUT2D eigenvalue weighted by atomic mass is 16.5. The maximum atomic E-state index is 5.98. The van der Waals surface area contributed by atoms with E-state index in [0.29, 0.717) is 0 Å². The summed E-state index contributed by atoms with van der Waals surface area (Å²) in [5, 5.41) is 5.87. The number of ether oxygens (including phenoxy) is 1. The quantitative estimate of drug-likeness (QED) is 0.481. The Hall–Kier alpha value is -3.21. The molecule has 1 saturated heterocycles. The van der Waals surface area contributed by atoms with Gasteiger partial charge in [0.25, 0.3) is 0 Å². The number of hydrogen-bond donors (Lipinski definition) is 1. The highest BCUT2D eigenvalue weighted by molar-refractivity contribution is 5.86. The molecule has 150 valence electrons. The molecule has 1 aliphatic heterocycles. The minimum Gasteiger partial charge on any atom is -0.371 e. The second-order valence-corrected chi connectivity index (χ2v) is 7.74. The van der Waals surface area contributed by atoms with E-state index in [4.69, 9.17) is 4.74 Å². The van der Waals surface area contributed by atoms with Gasteiger partial charge in [0.1, 0.15) is 5.82 Å². The minimum absolute atomic E-state index is 0.141. The average Bonchev–Trinajstić information content (AvgIpc) is 2.81. The molecule has 4 heteroatoms. The highest BCUT2D eigenvalue weighted by Gasteiger charge is 2.21. The number of benzene rings is 3. The molecule has 0 unspecified atom stereocenters. The molecular weight excluding hydrogens is 370 g/mol. The summed E-state index contributed by atoms with van der Waals surface area (Å²) in [4.78, 5) is 7.07. The zero-order valence-electron chi connectivity index (χ0n) is 16.9. The van der Waals surface area contributed by atoms with Gasteiger partial charge in [-0.05, 0) is 40.1 Å². The molecule has 4 nitrogen and oxygen atoms in total. The molecule has 2 heterocycles. The summed E-state index contributed by atoms with van der Waals surface area (Å²) in [6.45, 7) is 3.49. The second-order valence-electron chi connectivity index (χ2n) is 7.74. The summed E-state index contributed by atoms with van der Waals surface area (Å²) < 4.78 is 5.98. The number of nitrogens with one attached hydrogen (secondary N) is 1. The summed E-state index contributed by atoms with van der Waals surface area (Å²) in [7, 11) is 0. The molecule has 0 spiro atoms. The SMILES string of the molecule is c1ccc([C@H]2CN(Cc3ccc(Nc4ccc5ccccc5c4)nc3)CCO2)cc1. The maximum absolute atomic E-state index is 5.98. The van der Waals surface area contributed by atoms with E-state index in [1.807, 2.05) is 12.3 Å². The monoisotopic (exact) mass is 395 g/mol. The molecule has 0 bridgehead atoms. The van der Waals surface area contributed by atoms with Crippen LogP contribution in [0.15, 0.2) is 91.1 Å². The van der Waals surface area contributed by atoms with Crippen LogP contribution in [-0.4, -0.2) is 29.6 Å². The van der Waals surface area contributed by atoms with E-state index in [2.05, 4.69) is 94.1 Å². The topological polar surface area (TPSA) is 37.4 Å². The van der Waals surface area contributed by atoms with Crippen LogP contribution in [-0.2, 0) is 11.3 Å². The van der Waals surface area contributed by atoms with Crippen molar-refractivity contribution in [3.8, 4) is 0 Å². The van der Waals surface area contributed by atoms with E-state index in [1.54, 1.807) is 0 Å². The Morgan fingerprint density at radius 1 is 0.900 bits per heavy atom. The summed E-state index contributed by atoms with van der Waals surface area (Å²) in [5.74, 6) is 0.859. The van der Waals surface area contributed by atoms with Crippen LogP contribution in [0.3, 0.4) is 0 Å². The van der Waals surface area contributed by atoms with Gasteiger partial charge in [0.2, 0.25) is 0 Å². The zero-order valence-corrected chi connectivity index (χ0v) is 16.9. The van der Waals surface area contributed by atoms with Crippen molar-refractivity contribution in [2.45, 2.75) is 12.6 Å². The Morgan fingerprint density at radius 2 is 1.73 bits per heavy atom. The third-order valence-corrected chi connectivity index (χ3v) is 5.57. The van der Waals surface area contributed by atoms with Crippen LogP contribution in [0.4, 0.5) is 11.5 Å². The van der Waals surface area contributed by atoms with Gasteiger partial charge in [0.15, 0.2) is 0 Å². The normalized spacial score (nSPS) is 17.1. The number of fused-ring (bicyclic) bond motifs is 1. The molecule has 4 aromatic rings. The van der Waals surface area contributed by atoms with Gasteiger partial charge in [-0.2, -0.15) is 0 Å². The van der Waals surface area contributed by atoms with Gasteiger partial charge in [-0.15, -0.1) is 0 Å². The number of hydrogen-bond acceptors (Lipinski definition) is 4. The van der Waals surface area contributed by atoms with E-state index < -0.39 is 0 Å². The summed E-state index contributed by atoms with van der Waals surface area (Å²) in [5.41, 5.74) is 3.51. The van der Waals surface area contributed by atoms with E-state index in [0.717, 1.165) is 37.7 Å². The fourth-order valence-electron chi connectivity index (χ4n) is 3.98. The van der Waals surface area contributed by atoms with E-state index in [1.165, 1.54) is 21.9 Å². The Labute approximate surface area is 177 Å². The third kappa shape index (κ3) is 4.35. The van der Waals surface area contributed by atoms with E-state index in [9.17, 15) is 0 Å². The van der Waals surface area contributed by atoms with Crippen molar-refractivity contribution in [3.63, 3.8) is 0 Å². The predicted molar refractivity (Wildman–Crippen MR) is 122 cm³/mol. The molecule has 30 heavy (non-hydrogen) atoms. The van der Waals surface area contributed by atoms with Gasteiger partial charge >= 0.3 is 0 Å². The molecule has 1 fully saturated rings. The van der Waals surface area contributed by atoms with Gasteiger partial charge in [-0.3, -0.25) is 4.90 Å². The Morgan fingerprint density at radius 3 is 2.57 bits per heavy atom. The van der Waals surface area contributed by atoms with Crippen molar-refractivity contribution in [3.05, 3.63) is 102 Å². The molecule has 5 rings (SSSR count). The molecular formula is C26H25N3O. The lowest BCUT2D eigenvalue weighted by Gasteiger charge is -2.33. The van der Waals surface area contributed by atoms with Crippen LogP contribution in [0.1, 0.15) is 17.2 Å². The summed E-state index contributed by atoms with van der Waals surface area (Å²) >= 11 is 0. The lowest BCUT2D eigenvalue weighted by Crippen LogP contribution is -2.37. The number of rotatable bonds is 5. The van der Waals surface area contributed by atoms with Crippen LogP contribution in [0.25, 0.3) is 10.8 Å². The third-order valence-electron chi connectivity index (χ3n) is 5.57. The number of morpholine rings is 1. The fraction of sp³-hybridized carbons (Fsp3) is 0.192. The van der Waals surface area contributed by atoms with Crippen molar-refractivity contribution < 1.29 is 4.74 Å². The Bertz CT molecular complexity index is 1110.